The Labute approximate surface area is 181 Å². The van der Waals surface area contributed by atoms with Crippen LogP contribution in [-0.2, 0) is 24.9 Å². The molecule has 5 rings (SSSR count). The first-order chi connectivity index (χ1) is 15.3. The van der Waals surface area contributed by atoms with Gasteiger partial charge in [-0.2, -0.15) is 4.98 Å². The summed E-state index contributed by atoms with van der Waals surface area (Å²) in [6.07, 6.45) is 3.86. The van der Waals surface area contributed by atoms with Crippen molar-refractivity contribution in [3.63, 3.8) is 0 Å². The van der Waals surface area contributed by atoms with E-state index in [1.165, 1.54) is 23.7 Å². The van der Waals surface area contributed by atoms with Crippen LogP contribution in [0.25, 0.3) is 16.9 Å². The highest BCUT2D eigenvalue weighted by atomic mass is 19.1. The van der Waals surface area contributed by atoms with Gasteiger partial charge in [-0.3, -0.25) is 23.1 Å². The molecule has 10 heteroatoms. The molecule has 0 amide bonds. The van der Waals surface area contributed by atoms with Gasteiger partial charge in [0.05, 0.1) is 19.2 Å². The van der Waals surface area contributed by atoms with Crippen molar-refractivity contribution >= 4 is 22.7 Å². The Morgan fingerprint density at radius 3 is 2.66 bits per heavy atom. The smallest absolute Gasteiger partial charge is 0.332 e. The van der Waals surface area contributed by atoms with Crippen LogP contribution in [0.1, 0.15) is 28.9 Å². The van der Waals surface area contributed by atoms with Gasteiger partial charge in [0, 0.05) is 31.1 Å². The molecule has 4 heterocycles. The quantitative estimate of drug-likeness (QED) is 0.441. The number of Topliss-reactive ketones (excluding diaryl/α,β-unsaturated/α-hetero) is 1. The average molecular weight is 439 g/mol. The van der Waals surface area contributed by atoms with Crippen LogP contribution >= 0.6 is 0 Å². The Hall–Kier alpha value is -3.53. The van der Waals surface area contributed by atoms with Gasteiger partial charge in [0.15, 0.2) is 16.9 Å². The molecule has 9 nitrogen and oxygen atoms in total. The molecule has 1 fully saturated rings. The zero-order chi connectivity index (χ0) is 22.6. The lowest BCUT2D eigenvalue weighted by molar-refractivity contribution is 0.0967. The molecule has 1 atom stereocenters. The molecule has 0 saturated carbocycles. The number of imidazole rings is 2. The lowest BCUT2D eigenvalue weighted by atomic mass is 10.1. The number of aryl methyl sites for hydroxylation is 2. The highest BCUT2D eigenvalue weighted by Crippen LogP contribution is 2.20. The van der Waals surface area contributed by atoms with E-state index < -0.39 is 29.4 Å². The second-order valence-electron chi connectivity index (χ2n) is 8.13. The molecule has 3 aromatic heterocycles. The summed E-state index contributed by atoms with van der Waals surface area (Å²) in [5, 5.41) is 0. The third kappa shape index (κ3) is 3.18. The van der Waals surface area contributed by atoms with Gasteiger partial charge >= 0.3 is 5.69 Å². The Morgan fingerprint density at radius 2 is 1.97 bits per heavy atom. The van der Waals surface area contributed by atoms with Crippen LogP contribution in [0.3, 0.4) is 0 Å². The van der Waals surface area contributed by atoms with E-state index in [2.05, 4.69) is 4.98 Å². The minimum absolute atomic E-state index is 0.0820. The molecule has 1 saturated heterocycles. The van der Waals surface area contributed by atoms with Crippen molar-refractivity contribution in [2.24, 2.45) is 7.05 Å². The standard InChI is InChI=1S/C22H22FN5O4/c1-13-10-27-18-19(24-21(27)26(13)11-16-4-3-9-32-16)25(2)22(31)28(20(18)30)12-17(29)14-5-7-15(23)8-6-14/h5-8,10,16H,3-4,9,11-12H2,1-2H3. The summed E-state index contributed by atoms with van der Waals surface area (Å²) >= 11 is 0. The van der Waals surface area contributed by atoms with Crippen molar-refractivity contribution in [2.75, 3.05) is 6.61 Å². The van der Waals surface area contributed by atoms with Gasteiger partial charge in [-0.05, 0) is 44.0 Å². The van der Waals surface area contributed by atoms with Gasteiger partial charge in [-0.25, -0.2) is 9.18 Å². The van der Waals surface area contributed by atoms with Crippen molar-refractivity contribution in [3.05, 3.63) is 68.4 Å². The largest absolute Gasteiger partial charge is 0.376 e. The topological polar surface area (TPSA) is 92.5 Å². The Morgan fingerprint density at radius 1 is 1.22 bits per heavy atom. The number of ether oxygens (including phenoxy) is 1. The number of carbonyl (C=O) groups is 1. The molecule has 1 unspecified atom stereocenters. The Balaban J connectivity index is 1.63. The second kappa shape index (κ2) is 7.56. The molecule has 1 aliphatic heterocycles. The van der Waals surface area contributed by atoms with Crippen LogP contribution in [0.4, 0.5) is 4.39 Å². The van der Waals surface area contributed by atoms with Crippen LogP contribution in [0, 0.1) is 12.7 Å². The van der Waals surface area contributed by atoms with Gasteiger partial charge in [0.1, 0.15) is 5.82 Å². The van der Waals surface area contributed by atoms with E-state index >= 15 is 0 Å². The molecule has 1 aliphatic rings. The maximum Gasteiger partial charge on any atom is 0.332 e. The number of hydrogen-bond donors (Lipinski definition) is 0. The Bertz CT molecular complexity index is 1470. The number of carbonyl (C=O) groups excluding carboxylic acids is 1. The fourth-order valence-electron chi connectivity index (χ4n) is 4.28. The van der Waals surface area contributed by atoms with Gasteiger partial charge in [0.25, 0.3) is 5.56 Å². The first-order valence-electron chi connectivity index (χ1n) is 10.4. The molecule has 4 aromatic rings. The maximum atomic E-state index is 13.3. The minimum atomic E-state index is -0.638. The number of aromatic nitrogens is 5. The number of fused-ring (bicyclic) bond motifs is 3. The van der Waals surface area contributed by atoms with E-state index in [9.17, 15) is 18.8 Å². The molecule has 1 aromatic carbocycles. The van der Waals surface area contributed by atoms with E-state index in [0.29, 0.717) is 12.3 Å². The summed E-state index contributed by atoms with van der Waals surface area (Å²) in [5.41, 5.74) is 0.371. The predicted molar refractivity (Wildman–Crippen MR) is 115 cm³/mol. The monoisotopic (exact) mass is 439 g/mol. The van der Waals surface area contributed by atoms with E-state index in [-0.39, 0.29) is 22.8 Å². The second-order valence-corrected chi connectivity index (χ2v) is 8.13. The Kier molecular flexibility index (Phi) is 4.81. The number of benzene rings is 1. The summed E-state index contributed by atoms with van der Waals surface area (Å²) in [6.45, 7) is 2.82. The van der Waals surface area contributed by atoms with E-state index in [1.807, 2.05) is 11.5 Å². The number of nitrogens with zero attached hydrogens (tertiary/aromatic N) is 5. The van der Waals surface area contributed by atoms with Crippen LogP contribution in [0.15, 0.2) is 40.1 Å². The molecule has 0 bridgehead atoms. The van der Waals surface area contributed by atoms with Gasteiger partial charge < -0.3 is 9.30 Å². The van der Waals surface area contributed by atoms with E-state index in [4.69, 9.17) is 4.74 Å². The van der Waals surface area contributed by atoms with Crippen molar-refractivity contribution in [1.82, 2.24) is 23.1 Å². The zero-order valence-electron chi connectivity index (χ0n) is 17.7. The average Bonchev–Trinajstić information content (AvgIpc) is 3.48. The van der Waals surface area contributed by atoms with Crippen molar-refractivity contribution in [3.8, 4) is 0 Å². The van der Waals surface area contributed by atoms with Gasteiger partial charge in [-0.15, -0.1) is 0 Å². The SMILES string of the molecule is Cc1cn2c3c(=O)n(CC(=O)c4ccc(F)cc4)c(=O)n(C)c3nc2n1CC1CCCO1. The zero-order valence-corrected chi connectivity index (χ0v) is 17.7. The highest BCUT2D eigenvalue weighted by molar-refractivity contribution is 5.96. The van der Waals surface area contributed by atoms with Crippen molar-refractivity contribution in [2.45, 2.75) is 39.0 Å². The first-order valence-corrected chi connectivity index (χ1v) is 10.4. The van der Waals surface area contributed by atoms with Crippen LogP contribution in [0.2, 0.25) is 0 Å². The number of halogens is 1. The molecule has 0 aliphatic carbocycles. The lowest BCUT2D eigenvalue weighted by Crippen LogP contribution is -2.41. The molecule has 0 spiro atoms. The number of rotatable bonds is 5. The third-order valence-electron chi connectivity index (χ3n) is 6.02. The lowest BCUT2D eigenvalue weighted by Gasteiger charge is -2.11. The summed E-state index contributed by atoms with van der Waals surface area (Å²) in [4.78, 5) is 43.4. The van der Waals surface area contributed by atoms with Gasteiger partial charge in [-0.1, -0.05) is 0 Å². The molecule has 0 radical (unpaired) electrons. The van der Waals surface area contributed by atoms with Crippen LogP contribution < -0.4 is 11.2 Å². The fraction of sp³-hybridized carbons (Fsp3) is 0.364. The number of hydrogen-bond acceptors (Lipinski definition) is 5. The van der Waals surface area contributed by atoms with Crippen molar-refractivity contribution in [1.29, 1.82) is 0 Å². The third-order valence-corrected chi connectivity index (χ3v) is 6.02. The molecular weight excluding hydrogens is 417 g/mol. The summed E-state index contributed by atoms with van der Waals surface area (Å²) < 4.78 is 24.7. The maximum absolute atomic E-state index is 13.3. The minimum Gasteiger partial charge on any atom is -0.376 e. The first kappa shape index (κ1) is 20.4. The van der Waals surface area contributed by atoms with E-state index in [0.717, 1.165) is 41.8 Å². The molecular formula is C22H22FN5O4. The number of ketones is 1. The normalized spacial score (nSPS) is 16.4. The predicted octanol–water partition coefficient (Wildman–Crippen LogP) is 1.66. The van der Waals surface area contributed by atoms with E-state index in [1.54, 1.807) is 10.6 Å². The molecule has 0 N–H and O–H groups in total. The molecule has 166 valence electrons. The van der Waals surface area contributed by atoms with Crippen LogP contribution in [0.5, 0.6) is 0 Å². The fourth-order valence-corrected chi connectivity index (χ4v) is 4.28. The summed E-state index contributed by atoms with van der Waals surface area (Å²) in [7, 11) is 1.52. The van der Waals surface area contributed by atoms with Crippen LogP contribution in [-0.4, -0.2) is 41.6 Å². The van der Waals surface area contributed by atoms with Gasteiger partial charge in [0.2, 0.25) is 5.78 Å². The summed E-state index contributed by atoms with van der Waals surface area (Å²) in [5.74, 6) is -0.389. The molecule has 32 heavy (non-hydrogen) atoms. The summed E-state index contributed by atoms with van der Waals surface area (Å²) in [6, 6.07) is 4.99. The van der Waals surface area contributed by atoms with Crippen molar-refractivity contribution < 1.29 is 13.9 Å². The highest BCUT2D eigenvalue weighted by Gasteiger charge is 2.24.